The smallest absolute Gasteiger partial charge is 0.254 e. The molecule has 2 aromatic carbocycles. The summed E-state index contributed by atoms with van der Waals surface area (Å²) in [5.74, 6) is -2.27. The average molecular weight is 434 g/mol. The first-order valence-corrected chi connectivity index (χ1v) is 10.3. The normalized spacial score (nSPS) is 19.9. The highest BCUT2D eigenvalue weighted by molar-refractivity contribution is 6.30. The second kappa shape index (κ2) is 8.70. The molecule has 158 valence electrons. The third-order valence-corrected chi connectivity index (χ3v) is 6.08. The molecule has 2 fully saturated rings. The first kappa shape index (κ1) is 20.8. The van der Waals surface area contributed by atoms with Crippen LogP contribution in [0.15, 0.2) is 42.5 Å². The third kappa shape index (κ3) is 4.32. The van der Waals surface area contributed by atoms with Crippen molar-refractivity contribution in [3.05, 3.63) is 70.2 Å². The lowest BCUT2D eigenvalue weighted by Gasteiger charge is -2.38. The van der Waals surface area contributed by atoms with E-state index in [1.54, 1.807) is 29.2 Å². The highest BCUT2D eigenvalue weighted by atomic mass is 35.5. The van der Waals surface area contributed by atoms with Gasteiger partial charge in [-0.1, -0.05) is 11.6 Å². The van der Waals surface area contributed by atoms with Crippen LogP contribution in [0.4, 0.5) is 8.78 Å². The van der Waals surface area contributed by atoms with Crippen LogP contribution in [-0.2, 0) is 0 Å². The molecule has 0 aromatic heterocycles. The van der Waals surface area contributed by atoms with Crippen LogP contribution in [0.2, 0.25) is 5.02 Å². The molecular formula is C22H22ClF2N3O2. The molecule has 2 saturated heterocycles. The molecule has 0 spiro atoms. The van der Waals surface area contributed by atoms with Crippen molar-refractivity contribution in [2.45, 2.75) is 12.5 Å². The van der Waals surface area contributed by atoms with Crippen molar-refractivity contribution >= 4 is 23.4 Å². The molecule has 2 amide bonds. The number of amides is 2. The summed E-state index contributed by atoms with van der Waals surface area (Å²) in [7, 11) is 0. The maximum atomic E-state index is 13.4. The van der Waals surface area contributed by atoms with Crippen molar-refractivity contribution in [3.63, 3.8) is 0 Å². The molecule has 5 nitrogen and oxygen atoms in total. The monoisotopic (exact) mass is 433 g/mol. The van der Waals surface area contributed by atoms with Crippen molar-refractivity contribution in [2.24, 2.45) is 0 Å². The number of hydrogen-bond donors (Lipinski definition) is 0. The van der Waals surface area contributed by atoms with Crippen LogP contribution < -0.4 is 0 Å². The van der Waals surface area contributed by atoms with Crippen molar-refractivity contribution in [1.82, 2.24) is 14.7 Å². The zero-order valence-electron chi connectivity index (χ0n) is 16.4. The number of carbonyl (C=O) groups excluding carboxylic acids is 2. The molecule has 2 aliphatic rings. The minimum Gasteiger partial charge on any atom is -0.337 e. The number of halogens is 3. The molecule has 4 rings (SSSR count). The number of likely N-dealkylation sites (tertiary alicyclic amines) is 1. The number of benzene rings is 2. The zero-order chi connectivity index (χ0) is 21.3. The van der Waals surface area contributed by atoms with E-state index in [9.17, 15) is 18.4 Å². The third-order valence-electron chi connectivity index (χ3n) is 5.83. The number of nitrogens with zero attached hydrogens (tertiary/aromatic N) is 3. The standard InChI is InChI=1S/C22H22ClF2N3O2/c23-17-4-1-15(2-5-17)21(29)27-11-9-26(10-12-27)18-7-8-28(14-18)22(30)16-3-6-19(24)20(25)13-16/h1-6,13,18H,7-12,14H2/t18-/m0/s1. The van der Waals surface area contributed by atoms with Gasteiger partial charge in [0.15, 0.2) is 11.6 Å². The van der Waals surface area contributed by atoms with E-state index in [-0.39, 0.29) is 23.4 Å². The fourth-order valence-electron chi connectivity index (χ4n) is 4.10. The number of rotatable bonds is 3. The van der Waals surface area contributed by atoms with Gasteiger partial charge in [0.05, 0.1) is 0 Å². The van der Waals surface area contributed by atoms with Crippen molar-refractivity contribution in [1.29, 1.82) is 0 Å². The van der Waals surface area contributed by atoms with Gasteiger partial charge in [0.25, 0.3) is 11.8 Å². The van der Waals surface area contributed by atoms with Crippen LogP contribution in [0.25, 0.3) is 0 Å². The Hall–Kier alpha value is -2.51. The van der Waals surface area contributed by atoms with Gasteiger partial charge in [-0.3, -0.25) is 14.5 Å². The molecule has 0 radical (unpaired) electrons. The molecule has 0 saturated carbocycles. The summed E-state index contributed by atoms with van der Waals surface area (Å²) < 4.78 is 26.6. The van der Waals surface area contributed by atoms with E-state index < -0.39 is 11.6 Å². The summed E-state index contributed by atoms with van der Waals surface area (Å²) in [4.78, 5) is 31.1. The largest absolute Gasteiger partial charge is 0.337 e. The second-order valence-corrected chi connectivity index (χ2v) is 8.09. The van der Waals surface area contributed by atoms with E-state index in [1.807, 2.05) is 4.90 Å². The predicted octanol–water partition coefficient (Wildman–Crippen LogP) is 3.29. The fourth-order valence-corrected chi connectivity index (χ4v) is 4.23. The summed E-state index contributed by atoms with van der Waals surface area (Å²) in [6.45, 7) is 3.83. The molecule has 1 atom stereocenters. The minimum atomic E-state index is -1.02. The van der Waals surface area contributed by atoms with Gasteiger partial charge in [-0.15, -0.1) is 0 Å². The van der Waals surface area contributed by atoms with Gasteiger partial charge in [0, 0.05) is 61.5 Å². The van der Waals surface area contributed by atoms with Crippen molar-refractivity contribution in [3.8, 4) is 0 Å². The highest BCUT2D eigenvalue weighted by Gasteiger charge is 2.33. The Morgan fingerprint density at radius 1 is 0.800 bits per heavy atom. The molecule has 0 N–H and O–H groups in total. The van der Waals surface area contributed by atoms with Gasteiger partial charge in [-0.2, -0.15) is 0 Å². The van der Waals surface area contributed by atoms with Crippen LogP contribution in [-0.4, -0.2) is 71.8 Å². The van der Waals surface area contributed by atoms with Crippen LogP contribution in [0.5, 0.6) is 0 Å². The molecule has 2 aliphatic heterocycles. The number of carbonyl (C=O) groups is 2. The van der Waals surface area contributed by atoms with E-state index in [0.717, 1.165) is 31.6 Å². The summed E-state index contributed by atoms with van der Waals surface area (Å²) in [5.41, 5.74) is 0.782. The molecule has 8 heteroatoms. The topological polar surface area (TPSA) is 43.9 Å². The van der Waals surface area contributed by atoms with Gasteiger partial charge in [-0.05, 0) is 48.9 Å². The maximum absolute atomic E-state index is 13.4. The predicted molar refractivity (Wildman–Crippen MR) is 110 cm³/mol. The van der Waals surface area contributed by atoms with Gasteiger partial charge >= 0.3 is 0 Å². The fraction of sp³-hybridized carbons (Fsp3) is 0.364. The Bertz CT molecular complexity index is 946. The summed E-state index contributed by atoms with van der Waals surface area (Å²) in [6, 6.07) is 10.3. The zero-order valence-corrected chi connectivity index (χ0v) is 17.1. The highest BCUT2D eigenvalue weighted by Crippen LogP contribution is 2.21. The maximum Gasteiger partial charge on any atom is 0.254 e. The molecular weight excluding hydrogens is 412 g/mol. The molecule has 0 aliphatic carbocycles. The lowest BCUT2D eigenvalue weighted by Crippen LogP contribution is -2.52. The number of piperazine rings is 1. The van der Waals surface area contributed by atoms with E-state index in [2.05, 4.69) is 4.90 Å². The lowest BCUT2D eigenvalue weighted by molar-refractivity contribution is 0.0568. The van der Waals surface area contributed by atoms with Gasteiger partial charge in [-0.25, -0.2) is 8.78 Å². The van der Waals surface area contributed by atoms with Crippen LogP contribution >= 0.6 is 11.6 Å². The molecule has 30 heavy (non-hydrogen) atoms. The SMILES string of the molecule is O=C(c1ccc(Cl)cc1)N1CCN([C@H]2CCN(C(=O)c3ccc(F)c(F)c3)C2)CC1. The van der Waals surface area contributed by atoms with Gasteiger partial charge in [0.1, 0.15) is 0 Å². The first-order chi connectivity index (χ1) is 14.4. The summed E-state index contributed by atoms with van der Waals surface area (Å²) >= 11 is 5.89. The molecule has 2 aromatic rings. The van der Waals surface area contributed by atoms with E-state index in [1.165, 1.54) is 6.07 Å². The van der Waals surface area contributed by atoms with Gasteiger partial charge < -0.3 is 9.80 Å². The molecule has 0 bridgehead atoms. The van der Waals surface area contributed by atoms with E-state index in [0.29, 0.717) is 36.8 Å². The van der Waals surface area contributed by atoms with E-state index >= 15 is 0 Å². The minimum absolute atomic E-state index is 0.00659. The number of hydrogen-bond acceptors (Lipinski definition) is 3. The summed E-state index contributed by atoms with van der Waals surface area (Å²) in [6.07, 6.45) is 0.820. The Balaban J connectivity index is 1.31. The van der Waals surface area contributed by atoms with E-state index in [4.69, 9.17) is 11.6 Å². The lowest BCUT2D eigenvalue weighted by atomic mass is 10.1. The second-order valence-electron chi connectivity index (χ2n) is 7.66. The van der Waals surface area contributed by atoms with Crippen molar-refractivity contribution < 1.29 is 18.4 Å². The van der Waals surface area contributed by atoms with Crippen molar-refractivity contribution in [2.75, 3.05) is 39.3 Å². The Morgan fingerprint density at radius 3 is 2.10 bits per heavy atom. The Labute approximate surface area is 178 Å². The Kier molecular flexibility index (Phi) is 6.01. The molecule has 0 unspecified atom stereocenters. The van der Waals surface area contributed by atoms with Crippen LogP contribution in [0.1, 0.15) is 27.1 Å². The van der Waals surface area contributed by atoms with Crippen LogP contribution in [0, 0.1) is 11.6 Å². The van der Waals surface area contributed by atoms with Crippen LogP contribution in [0.3, 0.4) is 0 Å². The molecule has 2 heterocycles. The van der Waals surface area contributed by atoms with Gasteiger partial charge in [0.2, 0.25) is 0 Å². The summed E-state index contributed by atoms with van der Waals surface area (Å²) in [5, 5.41) is 0.597. The quantitative estimate of drug-likeness (QED) is 0.746. The first-order valence-electron chi connectivity index (χ1n) is 9.95. The Morgan fingerprint density at radius 2 is 1.43 bits per heavy atom. The average Bonchev–Trinajstić information content (AvgIpc) is 3.25.